The van der Waals surface area contributed by atoms with Gasteiger partial charge in [-0.1, -0.05) is 57.0 Å². The van der Waals surface area contributed by atoms with Crippen molar-refractivity contribution in [3.63, 3.8) is 0 Å². The fourth-order valence-corrected chi connectivity index (χ4v) is 4.39. The van der Waals surface area contributed by atoms with E-state index >= 15 is 0 Å². The van der Waals surface area contributed by atoms with E-state index in [0.717, 1.165) is 53.3 Å². The summed E-state index contributed by atoms with van der Waals surface area (Å²) in [5.41, 5.74) is 2.60. The van der Waals surface area contributed by atoms with Gasteiger partial charge in [-0.25, -0.2) is 0 Å². The molecule has 1 aliphatic rings. The number of benzene rings is 2. The number of fused-ring (bicyclic) bond motifs is 1. The molecule has 1 unspecified atom stereocenters. The van der Waals surface area contributed by atoms with Gasteiger partial charge in [0.15, 0.2) is 0 Å². The van der Waals surface area contributed by atoms with Crippen molar-refractivity contribution in [3.8, 4) is 0 Å². The standard InChI is InChI=1S/C28H33N3O3/c1-19(2)30-17-26(27(32)31-25-12-11-24-16-29-14-13-23(24)15-25)21-9-7-20(8-10-21)18-34-28(33)22-5-3-4-6-22/h7-16,19,22,26,30H,3-6,17-18H2,1-2H3,(H,31,32). The highest BCUT2D eigenvalue weighted by Gasteiger charge is 2.24. The summed E-state index contributed by atoms with van der Waals surface area (Å²) < 4.78 is 5.52. The van der Waals surface area contributed by atoms with Crippen LogP contribution >= 0.6 is 0 Å². The summed E-state index contributed by atoms with van der Waals surface area (Å²) >= 11 is 0. The van der Waals surface area contributed by atoms with Gasteiger partial charge >= 0.3 is 5.97 Å². The van der Waals surface area contributed by atoms with Gasteiger partial charge in [0, 0.05) is 36.1 Å². The van der Waals surface area contributed by atoms with E-state index < -0.39 is 0 Å². The van der Waals surface area contributed by atoms with E-state index in [1.54, 1.807) is 6.20 Å². The van der Waals surface area contributed by atoms with Gasteiger partial charge in [0.05, 0.1) is 11.8 Å². The molecule has 1 saturated carbocycles. The highest BCUT2D eigenvalue weighted by molar-refractivity contribution is 5.98. The number of esters is 1. The smallest absolute Gasteiger partial charge is 0.309 e. The Labute approximate surface area is 201 Å². The molecular weight excluding hydrogens is 426 g/mol. The van der Waals surface area contributed by atoms with Crippen molar-refractivity contribution in [2.45, 2.75) is 58.1 Å². The van der Waals surface area contributed by atoms with Crippen LogP contribution in [0.15, 0.2) is 60.9 Å². The van der Waals surface area contributed by atoms with E-state index in [1.807, 2.05) is 54.7 Å². The van der Waals surface area contributed by atoms with Crippen molar-refractivity contribution in [2.24, 2.45) is 5.92 Å². The summed E-state index contributed by atoms with van der Waals surface area (Å²) in [5, 5.41) is 8.52. The van der Waals surface area contributed by atoms with Gasteiger partial charge < -0.3 is 15.4 Å². The molecule has 1 fully saturated rings. The summed E-state index contributed by atoms with van der Waals surface area (Å²) in [4.78, 5) is 29.6. The van der Waals surface area contributed by atoms with Crippen LogP contribution in [0, 0.1) is 5.92 Å². The minimum absolute atomic E-state index is 0.0563. The second-order valence-corrected chi connectivity index (χ2v) is 9.37. The molecule has 0 spiro atoms. The zero-order valence-corrected chi connectivity index (χ0v) is 19.9. The number of amides is 1. The molecule has 3 aromatic rings. The highest BCUT2D eigenvalue weighted by Crippen LogP contribution is 2.26. The SMILES string of the molecule is CC(C)NCC(C(=O)Nc1ccc2cnccc2c1)c1ccc(COC(=O)C2CCCC2)cc1. The minimum atomic E-state index is -0.356. The van der Waals surface area contributed by atoms with Gasteiger partial charge in [-0.15, -0.1) is 0 Å². The number of anilines is 1. The van der Waals surface area contributed by atoms with E-state index in [0.29, 0.717) is 6.54 Å². The number of nitrogens with zero attached hydrogens (tertiary/aromatic N) is 1. The molecule has 34 heavy (non-hydrogen) atoms. The lowest BCUT2D eigenvalue weighted by atomic mass is 9.96. The molecule has 1 aromatic heterocycles. The highest BCUT2D eigenvalue weighted by atomic mass is 16.5. The number of hydrogen-bond donors (Lipinski definition) is 2. The Morgan fingerprint density at radius 2 is 1.79 bits per heavy atom. The summed E-state index contributed by atoms with van der Waals surface area (Å²) in [5.74, 6) is -0.459. The number of aromatic nitrogens is 1. The zero-order chi connectivity index (χ0) is 23.9. The Balaban J connectivity index is 1.43. The predicted molar refractivity (Wildman–Crippen MR) is 134 cm³/mol. The maximum Gasteiger partial charge on any atom is 0.309 e. The lowest BCUT2D eigenvalue weighted by Crippen LogP contribution is -2.34. The van der Waals surface area contributed by atoms with Crippen LogP contribution in [0.5, 0.6) is 0 Å². The number of nitrogens with one attached hydrogen (secondary N) is 2. The molecule has 0 aliphatic heterocycles. The van der Waals surface area contributed by atoms with Crippen LogP contribution in [0.4, 0.5) is 5.69 Å². The molecular formula is C28H33N3O3. The predicted octanol–water partition coefficient (Wildman–Crippen LogP) is 5.19. The Morgan fingerprint density at radius 1 is 1.03 bits per heavy atom. The largest absolute Gasteiger partial charge is 0.461 e. The fourth-order valence-electron chi connectivity index (χ4n) is 4.39. The van der Waals surface area contributed by atoms with Gasteiger partial charge in [0.1, 0.15) is 6.61 Å². The van der Waals surface area contributed by atoms with Gasteiger partial charge in [-0.2, -0.15) is 0 Å². The van der Waals surface area contributed by atoms with Crippen LogP contribution in [-0.2, 0) is 20.9 Å². The lowest BCUT2D eigenvalue weighted by Gasteiger charge is -2.20. The van der Waals surface area contributed by atoms with Crippen molar-refractivity contribution in [1.82, 2.24) is 10.3 Å². The third kappa shape index (κ3) is 6.20. The minimum Gasteiger partial charge on any atom is -0.461 e. The molecule has 2 N–H and O–H groups in total. The third-order valence-corrected chi connectivity index (χ3v) is 6.41. The first-order chi connectivity index (χ1) is 16.5. The van der Waals surface area contributed by atoms with Crippen molar-refractivity contribution in [2.75, 3.05) is 11.9 Å². The molecule has 2 aromatic carbocycles. The van der Waals surface area contributed by atoms with Gasteiger partial charge in [-0.05, 0) is 47.6 Å². The molecule has 4 rings (SSSR count). The number of rotatable bonds is 9. The number of carbonyl (C=O) groups is 2. The average molecular weight is 460 g/mol. The molecule has 1 aliphatic carbocycles. The Kier molecular flexibility index (Phi) is 7.91. The van der Waals surface area contributed by atoms with Crippen LogP contribution in [0.25, 0.3) is 10.8 Å². The number of pyridine rings is 1. The van der Waals surface area contributed by atoms with Crippen molar-refractivity contribution in [3.05, 3.63) is 72.1 Å². The molecule has 178 valence electrons. The quantitative estimate of drug-likeness (QED) is 0.431. The molecule has 1 amide bonds. The Morgan fingerprint density at radius 3 is 2.53 bits per heavy atom. The molecule has 6 nitrogen and oxygen atoms in total. The van der Waals surface area contributed by atoms with Gasteiger partial charge in [0.2, 0.25) is 5.91 Å². The normalized spacial score (nSPS) is 14.9. The van der Waals surface area contributed by atoms with E-state index in [1.165, 1.54) is 0 Å². The third-order valence-electron chi connectivity index (χ3n) is 6.41. The first kappa shape index (κ1) is 23.9. The number of hydrogen-bond acceptors (Lipinski definition) is 5. The molecule has 1 heterocycles. The number of ether oxygens (including phenoxy) is 1. The summed E-state index contributed by atoms with van der Waals surface area (Å²) in [6, 6.07) is 15.8. The Bertz CT molecular complexity index is 1120. The van der Waals surface area contributed by atoms with Gasteiger partial charge in [0.25, 0.3) is 0 Å². The second-order valence-electron chi connectivity index (χ2n) is 9.37. The van der Waals surface area contributed by atoms with Crippen molar-refractivity contribution in [1.29, 1.82) is 0 Å². The van der Waals surface area contributed by atoms with E-state index in [-0.39, 0.29) is 36.4 Å². The van der Waals surface area contributed by atoms with E-state index in [2.05, 4.69) is 29.5 Å². The van der Waals surface area contributed by atoms with E-state index in [4.69, 9.17) is 4.74 Å². The van der Waals surface area contributed by atoms with Crippen LogP contribution in [0.1, 0.15) is 56.6 Å². The molecule has 0 bridgehead atoms. The van der Waals surface area contributed by atoms with Crippen LogP contribution in [-0.4, -0.2) is 29.4 Å². The topological polar surface area (TPSA) is 80.3 Å². The monoisotopic (exact) mass is 459 g/mol. The second kappa shape index (κ2) is 11.3. The van der Waals surface area contributed by atoms with Crippen LogP contribution < -0.4 is 10.6 Å². The summed E-state index contributed by atoms with van der Waals surface area (Å²) in [6.07, 6.45) is 7.65. The number of carbonyl (C=O) groups excluding carboxylic acids is 2. The maximum atomic E-state index is 13.3. The van der Waals surface area contributed by atoms with Crippen molar-refractivity contribution < 1.29 is 14.3 Å². The first-order valence-corrected chi connectivity index (χ1v) is 12.1. The first-order valence-electron chi connectivity index (χ1n) is 12.1. The molecule has 1 atom stereocenters. The molecule has 0 saturated heterocycles. The van der Waals surface area contributed by atoms with Crippen LogP contribution in [0.3, 0.4) is 0 Å². The van der Waals surface area contributed by atoms with Crippen molar-refractivity contribution >= 4 is 28.3 Å². The summed E-state index contributed by atoms with van der Waals surface area (Å²) in [6.45, 7) is 4.92. The average Bonchev–Trinajstić information content (AvgIpc) is 3.38. The van der Waals surface area contributed by atoms with Gasteiger partial charge in [-0.3, -0.25) is 14.6 Å². The van der Waals surface area contributed by atoms with E-state index in [9.17, 15) is 9.59 Å². The maximum absolute atomic E-state index is 13.3. The molecule has 0 radical (unpaired) electrons. The van der Waals surface area contributed by atoms with Crippen LogP contribution in [0.2, 0.25) is 0 Å². The lowest BCUT2D eigenvalue weighted by molar-refractivity contribution is -0.149. The zero-order valence-electron chi connectivity index (χ0n) is 19.9. The fraction of sp³-hybridized carbons (Fsp3) is 0.393. The summed E-state index contributed by atoms with van der Waals surface area (Å²) in [7, 11) is 0. The Hall–Kier alpha value is -3.25. The molecule has 6 heteroatoms.